The predicted octanol–water partition coefficient (Wildman–Crippen LogP) is 17.8. The highest BCUT2D eigenvalue weighted by molar-refractivity contribution is 7.27. The van der Waals surface area contributed by atoms with Crippen LogP contribution in [0.5, 0.6) is 0 Å². The van der Waals surface area contributed by atoms with Crippen molar-refractivity contribution >= 4 is 95.3 Å². The first-order chi connectivity index (χ1) is 27.3. The average molecular weight is 791 g/mol. The van der Waals surface area contributed by atoms with Crippen LogP contribution in [0.15, 0.2) is 109 Å². The van der Waals surface area contributed by atoms with Gasteiger partial charge in [-0.25, -0.2) is 0 Å². The predicted molar refractivity (Wildman–Crippen MR) is 262 cm³/mol. The van der Waals surface area contributed by atoms with Crippen LogP contribution in [0.1, 0.15) is 105 Å². The van der Waals surface area contributed by atoms with E-state index >= 15 is 0 Å². The fraction of sp³-hybridized carbons (Fsp3) is 0.286. The molecule has 0 amide bonds. The molecule has 0 fully saturated rings. The van der Waals surface area contributed by atoms with Gasteiger partial charge in [0.25, 0.3) is 0 Å². The van der Waals surface area contributed by atoms with Gasteiger partial charge < -0.3 is 0 Å². The van der Waals surface area contributed by atoms with Gasteiger partial charge in [-0.15, -0.1) is 22.7 Å². The summed E-state index contributed by atoms with van der Waals surface area (Å²) >= 11 is 3.93. The summed E-state index contributed by atoms with van der Waals surface area (Å²) < 4.78 is 5.48. The minimum atomic E-state index is 0.0637. The molecule has 290 valence electrons. The molecule has 10 rings (SSSR count). The standard InChI is InChI=1S/C56H54S2/c1-53(2,3)33-17-13-31(14-18-33)37-27-45-50-42(30-44-40-26-36(56(10,11)12)22-24-48(40)57-51(44)45)38(32-15-19-34(20-16-32)54(4,5)6)28-46-49(50)41(37)29-43-39-25-35(55(7,8)9)21-23-47(39)58-52(43)46/h13-30H,1-12H3. The van der Waals surface area contributed by atoms with E-state index in [0.717, 1.165) is 0 Å². The molecule has 10 aromatic rings. The van der Waals surface area contributed by atoms with E-state index in [1.807, 2.05) is 22.7 Å². The normalized spacial score (nSPS) is 13.5. The monoisotopic (exact) mass is 790 g/mol. The van der Waals surface area contributed by atoms with E-state index in [-0.39, 0.29) is 21.7 Å². The van der Waals surface area contributed by atoms with Crippen molar-refractivity contribution in [3.8, 4) is 22.3 Å². The molecule has 0 saturated carbocycles. The van der Waals surface area contributed by atoms with E-state index in [4.69, 9.17) is 0 Å². The van der Waals surface area contributed by atoms with Crippen LogP contribution in [0.4, 0.5) is 0 Å². The zero-order valence-corrected chi connectivity index (χ0v) is 37.8. The molecule has 0 aliphatic carbocycles. The Morgan fingerprint density at radius 3 is 0.948 bits per heavy atom. The third kappa shape index (κ3) is 5.81. The van der Waals surface area contributed by atoms with Gasteiger partial charge in [0.15, 0.2) is 0 Å². The lowest BCUT2D eigenvalue weighted by atomic mass is 9.82. The summed E-state index contributed by atoms with van der Waals surface area (Å²) in [6.45, 7) is 27.8. The highest BCUT2D eigenvalue weighted by atomic mass is 32.1. The Bertz CT molecular complexity index is 3040. The fourth-order valence-corrected chi connectivity index (χ4v) is 11.6. The number of thiophene rings is 2. The van der Waals surface area contributed by atoms with Crippen LogP contribution < -0.4 is 0 Å². The summed E-state index contributed by atoms with van der Waals surface area (Å²) in [5.74, 6) is 0. The maximum Gasteiger partial charge on any atom is 0.0434 e. The largest absolute Gasteiger partial charge is 0.135 e. The smallest absolute Gasteiger partial charge is 0.0434 e. The van der Waals surface area contributed by atoms with Crippen molar-refractivity contribution in [2.45, 2.75) is 105 Å². The molecule has 0 spiro atoms. The van der Waals surface area contributed by atoms with E-state index in [1.54, 1.807) is 0 Å². The molecule has 2 heterocycles. The first-order valence-electron chi connectivity index (χ1n) is 21.0. The van der Waals surface area contributed by atoms with Crippen LogP contribution in [-0.2, 0) is 21.7 Å². The van der Waals surface area contributed by atoms with Gasteiger partial charge in [-0.3, -0.25) is 0 Å². The molecule has 0 nitrogen and oxygen atoms in total. The zero-order valence-electron chi connectivity index (χ0n) is 36.2. The molecule has 0 bridgehead atoms. The van der Waals surface area contributed by atoms with Crippen molar-refractivity contribution in [3.63, 3.8) is 0 Å². The van der Waals surface area contributed by atoms with Crippen LogP contribution in [0, 0.1) is 0 Å². The van der Waals surface area contributed by atoms with Gasteiger partial charge in [-0.05, 0) is 136 Å². The van der Waals surface area contributed by atoms with Crippen molar-refractivity contribution in [2.75, 3.05) is 0 Å². The summed E-state index contributed by atoms with van der Waals surface area (Å²) in [5, 5.41) is 13.6. The van der Waals surface area contributed by atoms with E-state index in [1.165, 1.54) is 117 Å². The molecule has 0 aliphatic heterocycles. The first-order valence-corrected chi connectivity index (χ1v) is 22.6. The van der Waals surface area contributed by atoms with Gasteiger partial charge in [0.1, 0.15) is 0 Å². The number of rotatable bonds is 2. The van der Waals surface area contributed by atoms with E-state index in [2.05, 4.69) is 192 Å². The third-order valence-corrected chi connectivity index (χ3v) is 15.3. The maximum absolute atomic E-state index is 2.56. The fourth-order valence-electron chi connectivity index (χ4n) is 9.26. The van der Waals surface area contributed by atoms with Crippen LogP contribution in [0.2, 0.25) is 0 Å². The molecule has 58 heavy (non-hydrogen) atoms. The summed E-state index contributed by atoms with van der Waals surface area (Å²) in [4.78, 5) is 0. The second kappa shape index (κ2) is 12.4. The first kappa shape index (κ1) is 37.5. The molecule has 2 heteroatoms. The quantitative estimate of drug-likeness (QED) is 0.153. The van der Waals surface area contributed by atoms with Gasteiger partial charge in [0.05, 0.1) is 0 Å². The summed E-state index contributed by atoms with van der Waals surface area (Å²) in [7, 11) is 0. The minimum absolute atomic E-state index is 0.0637. The third-order valence-electron chi connectivity index (χ3n) is 12.9. The summed E-state index contributed by atoms with van der Waals surface area (Å²) in [6.07, 6.45) is 0. The van der Waals surface area contributed by atoms with E-state index in [0.29, 0.717) is 0 Å². The lowest BCUT2D eigenvalue weighted by Crippen LogP contribution is -2.10. The molecule has 0 radical (unpaired) electrons. The number of fused-ring (bicyclic) bond motifs is 8. The molecule has 0 atom stereocenters. The highest BCUT2D eigenvalue weighted by Crippen LogP contribution is 2.53. The van der Waals surface area contributed by atoms with Crippen molar-refractivity contribution in [2.24, 2.45) is 0 Å². The van der Waals surface area contributed by atoms with Gasteiger partial charge in [-0.1, -0.05) is 144 Å². The molecule has 8 aromatic carbocycles. The summed E-state index contributed by atoms with van der Waals surface area (Å²) in [5.41, 5.74) is 11.0. The maximum atomic E-state index is 2.56. The molecule has 0 saturated heterocycles. The molecule has 2 aromatic heterocycles. The lowest BCUT2D eigenvalue weighted by molar-refractivity contribution is 0.590. The van der Waals surface area contributed by atoms with E-state index < -0.39 is 0 Å². The van der Waals surface area contributed by atoms with Crippen LogP contribution in [0.3, 0.4) is 0 Å². The second-order valence-electron chi connectivity index (χ2n) is 21.1. The Morgan fingerprint density at radius 2 is 0.621 bits per heavy atom. The second-order valence-corrected chi connectivity index (χ2v) is 23.2. The Hall–Kier alpha value is -4.76. The minimum Gasteiger partial charge on any atom is -0.135 e. The lowest BCUT2D eigenvalue weighted by Gasteiger charge is -2.22. The van der Waals surface area contributed by atoms with Gasteiger partial charge in [0.2, 0.25) is 0 Å². The number of benzene rings is 8. The van der Waals surface area contributed by atoms with Crippen molar-refractivity contribution < 1.29 is 0 Å². The zero-order chi connectivity index (χ0) is 40.8. The number of hydrogen-bond acceptors (Lipinski definition) is 2. The van der Waals surface area contributed by atoms with Crippen molar-refractivity contribution in [3.05, 3.63) is 131 Å². The molecule has 0 unspecified atom stereocenters. The molecular weight excluding hydrogens is 737 g/mol. The Kier molecular flexibility index (Phi) is 8.01. The average Bonchev–Trinajstić information content (AvgIpc) is 3.72. The van der Waals surface area contributed by atoms with Crippen LogP contribution >= 0.6 is 22.7 Å². The Labute approximate surface area is 351 Å². The summed E-state index contributed by atoms with van der Waals surface area (Å²) in [6, 6.07) is 43.5. The SMILES string of the molecule is CC(C)(C)c1ccc(-c2cc3c4sc5ccc(C(C)(C)C)cc5c4cc4c(-c5ccc(C(C)(C)C)cc5)cc5c6sc7ccc(C(C)(C)C)cc7c6cc2c5c43)cc1. The Balaban J connectivity index is 1.42. The molecular formula is C56H54S2. The highest BCUT2D eigenvalue weighted by Gasteiger charge is 2.26. The molecule has 0 N–H and O–H groups in total. The number of hydrogen-bond donors (Lipinski definition) is 0. The van der Waals surface area contributed by atoms with Crippen molar-refractivity contribution in [1.82, 2.24) is 0 Å². The topological polar surface area (TPSA) is 0 Å². The van der Waals surface area contributed by atoms with Gasteiger partial charge >= 0.3 is 0 Å². The van der Waals surface area contributed by atoms with Gasteiger partial charge in [-0.2, -0.15) is 0 Å². The Morgan fingerprint density at radius 1 is 0.293 bits per heavy atom. The van der Waals surface area contributed by atoms with E-state index in [9.17, 15) is 0 Å². The molecule has 0 aliphatic rings. The van der Waals surface area contributed by atoms with Gasteiger partial charge in [0, 0.05) is 51.1 Å². The van der Waals surface area contributed by atoms with Crippen LogP contribution in [0.25, 0.3) is 94.9 Å². The van der Waals surface area contributed by atoms with Crippen LogP contribution in [-0.4, -0.2) is 0 Å². The van der Waals surface area contributed by atoms with Crippen molar-refractivity contribution in [1.29, 1.82) is 0 Å².